The molecule has 9 heteroatoms. The number of carbonyl (C=O) groups is 3. The summed E-state index contributed by atoms with van der Waals surface area (Å²) in [6.07, 6.45) is 1.53. The van der Waals surface area contributed by atoms with E-state index in [0.29, 0.717) is 28.4 Å². The van der Waals surface area contributed by atoms with Gasteiger partial charge in [0.05, 0.1) is 25.6 Å². The Balaban J connectivity index is 1.49. The number of hydrogen-bond donors (Lipinski definition) is 2. The van der Waals surface area contributed by atoms with E-state index < -0.39 is 11.8 Å². The smallest absolute Gasteiger partial charge is 0.283 e. The van der Waals surface area contributed by atoms with Gasteiger partial charge in [-0.1, -0.05) is 17.7 Å². The maximum atomic E-state index is 12.9. The summed E-state index contributed by atoms with van der Waals surface area (Å²) in [6, 6.07) is 16.4. The zero-order chi connectivity index (χ0) is 22.7. The van der Waals surface area contributed by atoms with Gasteiger partial charge < -0.3 is 19.8 Å². The molecule has 0 spiro atoms. The van der Waals surface area contributed by atoms with Gasteiger partial charge >= 0.3 is 0 Å². The fraction of sp³-hybridized carbons (Fsp3) is 0.0870. The number of benzene rings is 2. The Kier molecular flexibility index (Phi) is 5.96. The molecule has 8 nitrogen and oxygen atoms in total. The number of anilines is 2. The molecule has 162 valence electrons. The van der Waals surface area contributed by atoms with Gasteiger partial charge in [0.25, 0.3) is 17.7 Å². The number of ether oxygens (including phenoxy) is 1. The number of amides is 3. The number of halogens is 1. The largest absolute Gasteiger partial charge is 0.497 e. The van der Waals surface area contributed by atoms with Gasteiger partial charge in [0, 0.05) is 11.3 Å². The van der Waals surface area contributed by atoms with Gasteiger partial charge in [-0.3, -0.25) is 14.4 Å². The van der Waals surface area contributed by atoms with Crippen molar-refractivity contribution in [1.82, 2.24) is 5.32 Å². The molecule has 4 rings (SSSR count). The molecule has 2 aromatic carbocycles. The maximum absolute atomic E-state index is 12.9. The standard InChI is InChI=1S/C23H18ClN3O5/c1-31-17-9-7-16(8-10-17)27-22(29)19(24)20(23(27)30)26-15-5-2-4-14(12-15)21(28)25-13-18-6-3-11-32-18/h2-12,26H,13H2,1H3,(H,25,28). The van der Waals surface area contributed by atoms with Gasteiger partial charge in [0.1, 0.15) is 22.2 Å². The number of rotatable bonds is 7. The highest BCUT2D eigenvalue weighted by molar-refractivity contribution is 6.53. The fourth-order valence-corrected chi connectivity index (χ4v) is 3.35. The minimum absolute atomic E-state index is 0.0689. The molecule has 2 heterocycles. The Morgan fingerprint density at radius 1 is 1.06 bits per heavy atom. The van der Waals surface area contributed by atoms with E-state index in [0.717, 1.165) is 4.90 Å². The van der Waals surface area contributed by atoms with Crippen LogP contribution in [0.2, 0.25) is 0 Å². The molecular weight excluding hydrogens is 434 g/mol. The third-order valence-corrected chi connectivity index (χ3v) is 5.11. The number of furan rings is 1. The van der Waals surface area contributed by atoms with Crippen molar-refractivity contribution in [3.05, 3.63) is 89.0 Å². The molecule has 32 heavy (non-hydrogen) atoms. The topological polar surface area (TPSA) is 101 Å². The first kappa shape index (κ1) is 21.2. The quantitative estimate of drug-likeness (QED) is 0.532. The Morgan fingerprint density at radius 2 is 1.84 bits per heavy atom. The summed E-state index contributed by atoms with van der Waals surface area (Å²) in [5, 5.41) is 5.38. The van der Waals surface area contributed by atoms with Crippen LogP contribution < -0.4 is 20.3 Å². The normalized spacial score (nSPS) is 13.5. The molecule has 0 saturated heterocycles. The molecule has 0 saturated carbocycles. The Bertz CT molecular complexity index is 1200. The summed E-state index contributed by atoms with van der Waals surface area (Å²) in [5.74, 6) is -0.348. The van der Waals surface area contributed by atoms with Crippen LogP contribution in [0.5, 0.6) is 5.75 Å². The summed E-state index contributed by atoms with van der Waals surface area (Å²) in [5.41, 5.74) is 1.09. The minimum Gasteiger partial charge on any atom is -0.497 e. The number of nitrogens with zero attached hydrogens (tertiary/aromatic N) is 1. The highest BCUT2D eigenvalue weighted by Gasteiger charge is 2.39. The number of carbonyl (C=O) groups excluding carboxylic acids is 3. The summed E-state index contributed by atoms with van der Waals surface area (Å²) >= 11 is 6.18. The number of imide groups is 1. The SMILES string of the molecule is COc1ccc(N2C(=O)C(Cl)=C(Nc3cccc(C(=O)NCc4ccco4)c3)C2=O)cc1. The molecule has 3 aromatic rings. The van der Waals surface area contributed by atoms with Crippen LogP contribution in [0.4, 0.5) is 11.4 Å². The lowest BCUT2D eigenvalue weighted by Crippen LogP contribution is -2.32. The third kappa shape index (κ3) is 4.21. The first-order chi connectivity index (χ1) is 15.5. The van der Waals surface area contributed by atoms with Crippen LogP contribution in [0.15, 0.2) is 82.1 Å². The van der Waals surface area contributed by atoms with E-state index in [-0.39, 0.29) is 23.2 Å². The lowest BCUT2D eigenvalue weighted by Gasteiger charge is -2.15. The van der Waals surface area contributed by atoms with Gasteiger partial charge in [-0.2, -0.15) is 0 Å². The zero-order valence-electron chi connectivity index (χ0n) is 16.9. The van der Waals surface area contributed by atoms with Crippen molar-refractivity contribution in [2.24, 2.45) is 0 Å². The van der Waals surface area contributed by atoms with Crippen LogP contribution in [0.25, 0.3) is 0 Å². The van der Waals surface area contributed by atoms with Crippen LogP contribution in [-0.2, 0) is 16.1 Å². The van der Waals surface area contributed by atoms with E-state index in [4.69, 9.17) is 20.8 Å². The molecule has 0 radical (unpaired) electrons. The predicted octanol–water partition coefficient (Wildman–Crippen LogP) is 3.65. The molecule has 0 aliphatic carbocycles. The Labute approximate surface area is 188 Å². The minimum atomic E-state index is -0.642. The van der Waals surface area contributed by atoms with Gasteiger partial charge in [0.2, 0.25) is 0 Å². The van der Waals surface area contributed by atoms with Crippen LogP contribution in [0.1, 0.15) is 16.1 Å². The molecule has 0 bridgehead atoms. The third-order valence-electron chi connectivity index (χ3n) is 4.76. The first-order valence-corrected chi connectivity index (χ1v) is 9.96. The van der Waals surface area contributed by atoms with Crippen molar-refractivity contribution in [3.8, 4) is 5.75 Å². The summed E-state index contributed by atoms with van der Waals surface area (Å²) in [7, 11) is 1.52. The van der Waals surface area contributed by atoms with E-state index in [2.05, 4.69) is 10.6 Å². The maximum Gasteiger partial charge on any atom is 0.283 e. The Hall–Kier alpha value is -4.04. The second-order valence-corrected chi connectivity index (χ2v) is 7.18. The summed E-state index contributed by atoms with van der Waals surface area (Å²) in [6.45, 7) is 0.240. The van der Waals surface area contributed by atoms with E-state index in [1.165, 1.54) is 13.4 Å². The fourth-order valence-electron chi connectivity index (χ4n) is 3.14. The van der Waals surface area contributed by atoms with Crippen LogP contribution >= 0.6 is 11.6 Å². The molecule has 3 amide bonds. The van der Waals surface area contributed by atoms with E-state index in [1.807, 2.05) is 0 Å². The van der Waals surface area contributed by atoms with Crippen molar-refractivity contribution in [2.75, 3.05) is 17.3 Å². The van der Waals surface area contributed by atoms with Gasteiger partial charge in [-0.25, -0.2) is 4.90 Å². The van der Waals surface area contributed by atoms with Gasteiger partial charge in [-0.15, -0.1) is 0 Å². The highest BCUT2D eigenvalue weighted by atomic mass is 35.5. The molecular formula is C23H18ClN3O5. The summed E-state index contributed by atoms with van der Waals surface area (Å²) in [4.78, 5) is 39.0. The monoisotopic (exact) mass is 451 g/mol. The molecule has 0 unspecified atom stereocenters. The second kappa shape index (κ2) is 8.99. The van der Waals surface area contributed by atoms with Crippen LogP contribution in [0.3, 0.4) is 0 Å². The molecule has 0 atom stereocenters. The van der Waals surface area contributed by atoms with Crippen LogP contribution in [0, 0.1) is 0 Å². The average molecular weight is 452 g/mol. The van der Waals surface area contributed by atoms with Gasteiger partial charge in [0.15, 0.2) is 0 Å². The van der Waals surface area contributed by atoms with Crippen molar-refractivity contribution in [2.45, 2.75) is 6.54 Å². The van der Waals surface area contributed by atoms with E-state index in [1.54, 1.807) is 60.7 Å². The first-order valence-electron chi connectivity index (χ1n) is 9.58. The molecule has 0 fully saturated rings. The van der Waals surface area contributed by atoms with Crippen LogP contribution in [-0.4, -0.2) is 24.8 Å². The molecule has 1 aliphatic heterocycles. The van der Waals surface area contributed by atoms with Gasteiger partial charge in [-0.05, 0) is 54.6 Å². The molecule has 1 aromatic heterocycles. The van der Waals surface area contributed by atoms with E-state index in [9.17, 15) is 14.4 Å². The predicted molar refractivity (Wildman–Crippen MR) is 118 cm³/mol. The number of methoxy groups -OCH3 is 1. The second-order valence-electron chi connectivity index (χ2n) is 6.80. The van der Waals surface area contributed by atoms with Crippen molar-refractivity contribution < 1.29 is 23.5 Å². The molecule has 1 aliphatic rings. The molecule has 2 N–H and O–H groups in total. The number of hydrogen-bond acceptors (Lipinski definition) is 6. The number of nitrogens with one attached hydrogen (secondary N) is 2. The van der Waals surface area contributed by atoms with Crippen molar-refractivity contribution >= 4 is 40.7 Å². The zero-order valence-corrected chi connectivity index (χ0v) is 17.7. The van der Waals surface area contributed by atoms with Crippen molar-refractivity contribution in [1.29, 1.82) is 0 Å². The average Bonchev–Trinajstić information content (AvgIpc) is 3.41. The lowest BCUT2D eigenvalue weighted by molar-refractivity contribution is -0.120. The van der Waals surface area contributed by atoms with Crippen molar-refractivity contribution in [3.63, 3.8) is 0 Å². The highest BCUT2D eigenvalue weighted by Crippen LogP contribution is 2.31. The summed E-state index contributed by atoms with van der Waals surface area (Å²) < 4.78 is 10.3. The Morgan fingerprint density at radius 3 is 2.53 bits per heavy atom. The lowest BCUT2D eigenvalue weighted by atomic mass is 10.2. The van der Waals surface area contributed by atoms with E-state index >= 15 is 0 Å².